The van der Waals surface area contributed by atoms with Crippen LogP contribution < -0.4 is 11.0 Å². The van der Waals surface area contributed by atoms with Crippen LogP contribution in [0.3, 0.4) is 0 Å². The lowest BCUT2D eigenvalue weighted by molar-refractivity contribution is -0.122. The van der Waals surface area contributed by atoms with E-state index in [9.17, 15) is 14.7 Å². The standard InChI is InChI=1S/C17H26N4O3/c1-13(2)7-9-17(3,24)12-18-15(22)8-11-21-16(23)20-10-5-4-6-14(20)19-21/h4-6,10,13,24H,7-9,11-12H2,1-3H3,(H,18,22). The molecule has 0 aromatic carbocycles. The van der Waals surface area contributed by atoms with Gasteiger partial charge in [0.15, 0.2) is 5.65 Å². The van der Waals surface area contributed by atoms with E-state index < -0.39 is 5.60 Å². The molecule has 0 saturated carbocycles. The van der Waals surface area contributed by atoms with Crippen LogP contribution in [0.5, 0.6) is 0 Å². The van der Waals surface area contributed by atoms with E-state index >= 15 is 0 Å². The minimum atomic E-state index is -0.917. The summed E-state index contributed by atoms with van der Waals surface area (Å²) >= 11 is 0. The molecule has 2 N–H and O–H groups in total. The molecule has 0 fully saturated rings. The van der Waals surface area contributed by atoms with Gasteiger partial charge >= 0.3 is 5.69 Å². The third-order valence-corrected chi connectivity index (χ3v) is 3.97. The highest BCUT2D eigenvalue weighted by molar-refractivity contribution is 5.75. The molecule has 2 aromatic heterocycles. The Balaban J connectivity index is 1.84. The number of carbonyl (C=O) groups excluding carboxylic acids is 1. The first kappa shape index (κ1) is 18.2. The molecule has 2 aromatic rings. The van der Waals surface area contributed by atoms with Crippen molar-refractivity contribution < 1.29 is 9.90 Å². The maximum atomic E-state index is 12.1. The second-order valence-electron chi connectivity index (χ2n) is 6.89. The molecule has 0 saturated heterocycles. The van der Waals surface area contributed by atoms with Gasteiger partial charge in [0.2, 0.25) is 5.91 Å². The summed E-state index contributed by atoms with van der Waals surface area (Å²) in [5.41, 5.74) is -0.623. The minimum absolute atomic E-state index is 0.143. The molecule has 0 spiro atoms. The van der Waals surface area contributed by atoms with Crippen molar-refractivity contribution in [2.24, 2.45) is 5.92 Å². The predicted molar refractivity (Wildman–Crippen MR) is 91.8 cm³/mol. The summed E-state index contributed by atoms with van der Waals surface area (Å²) < 4.78 is 2.72. The Labute approximate surface area is 141 Å². The van der Waals surface area contributed by atoms with E-state index in [-0.39, 0.29) is 31.1 Å². The predicted octanol–water partition coefficient (Wildman–Crippen LogP) is 1.19. The molecule has 0 radical (unpaired) electrons. The lowest BCUT2D eigenvalue weighted by atomic mass is 9.95. The van der Waals surface area contributed by atoms with Crippen molar-refractivity contribution in [3.05, 3.63) is 34.9 Å². The maximum absolute atomic E-state index is 12.1. The van der Waals surface area contributed by atoms with E-state index in [1.807, 2.05) is 0 Å². The first-order valence-corrected chi connectivity index (χ1v) is 8.32. The van der Waals surface area contributed by atoms with E-state index in [0.717, 1.165) is 6.42 Å². The van der Waals surface area contributed by atoms with Gasteiger partial charge < -0.3 is 10.4 Å². The SMILES string of the molecule is CC(C)CCC(C)(O)CNC(=O)CCn1nc2ccccn2c1=O. The van der Waals surface area contributed by atoms with E-state index in [1.165, 1.54) is 9.08 Å². The number of hydrogen-bond acceptors (Lipinski definition) is 4. The third kappa shape index (κ3) is 4.92. The highest BCUT2D eigenvalue weighted by Gasteiger charge is 2.21. The number of fused-ring (bicyclic) bond motifs is 1. The molecule has 0 aliphatic rings. The fraction of sp³-hybridized carbons (Fsp3) is 0.588. The Morgan fingerprint density at radius 3 is 2.83 bits per heavy atom. The molecule has 1 atom stereocenters. The summed E-state index contributed by atoms with van der Waals surface area (Å²) in [6.45, 7) is 6.34. The maximum Gasteiger partial charge on any atom is 0.350 e. The monoisotopic (exact) mass is 334 g/mol. The number of nitrogens with zero attached hydrogens (tertiary/aromatic N) is 3. The second kappa shape index (κ2) is 7.61. The average Bonchev–Trinajstić information content (AvgIpc) is 2.86. The molecule has 2 heterocycles. The van der Waals surface area contributed by atoms with Crippen LogP contribution in [-0.4, -0.2) is 37.3 Å². The van der Waals surface area contributed by atoms with Crippen LogP contribution in [-0.2, 0) is 11.3 Å². The summed E-state index contributed by atoms with van der Waals surface area (Å²) in [6, 6.07) is 5.30. The highest BCUT2D eigenvalue weighted by Crippen LogP contribution is 2.15. The molecule has 0 aliphatic carbocycles. The van der Waals surface area contributed by atoms with E-state index in [2.05, 4.69) is 24.3 Å². The summed E-state index contributed by atoms with van der Waals surface area (Å²) in [5, 5.41) is 17.2. The zero-order chi connectivity index (χ0) is 17.7. The van der Waals surface area contributed by atoms with Crippen LogP contribution in [0.1, 0.15) is 40.0 Å². The van der Waals surface area contributed by atoms with E-state index in [4.69, 9.17) is 0 Å². The number of pyridine rings is 1. The van der Waals surface area contributed by atoms with Gasteiger partial charge in [0.05, 0.1) is 12.1 Å². The van der Waals surface area contributed by atoms with Crippen molar-refractivity contribution in [3.8, 4) is 0 Å². The Bertz CT molecular complexity index is 746. The van der Waals surface area contributed by atoms with Crippen molar-refractivity contribution in [1.82, 2.24) is 19.5 Å². The molecule has 0 bridgehead atoms. The zero-order valence-corrected chi connectivity index (χ0v) is 14.5. The van der Waals surface area contributed by atoms with Crippen LogP contribution >= 0.6 is 0 Å². The van der Waals surface area contributed by atoms with Gasteiger partial charge in [0.1, 0.15) is 0 Å². The van der Waals surface area contributed by atoms with Crippen molar-refractivity contribution in [3.63, 3.8) is 0 Å². The van der Waals surface area contributed by atoms with E-state index in [1.54, 1.807) is 31.3 Å². The van der Waals surface area contributed by atoms with Crippen LogP contribution in [0, 0.1) is 5.92 Å². The lowest BCUT2D eigenvalue weighted by Gasteiger charge is -2.24. The van der Waals surface area contributed by atoms with Crippen LogP contribution in [0.4, 0.5) is 0 Å². The quantitative estimate of drug-likeness (QED) is 0.759. The van der Waals surface area contributed by atoms with Crippen molar-refractivity contribution >= 4 is 11.6 Å². The smallest absolute Gasteiger partial charge is 0.350 e. The topological polar surface area (TPSA) is 88.6 Å². The van der Waals surface area contributed by atoms with Gasteiger partial charge in [-0.05, 0) is 37.8 Å². The molecule has 24 heavy (non-hydrogen) atoms. The van der Waals surface area contributed by atoms with Gasteiger partial charge in [-0.1, -0.05) is 19.9 Å². The van der Waals surface area contributed by atoms with Gasteiger partial charge in [-0.25, -0.2) is 9.48 Å². The lowest BCUT2D eigenvalue weighted by Crippen LogP contribution is -2.41. The molecular weight excluding hydrogens is 308 g/mol. The number of rotatable bonds is 8. The summed E-state index contributed by atoms with van der Waals surface area (Å²) in [4.78, 5) is 24.1. The van der Waals surface area contributed by atoms with Crippen LogP contribution in [0.15, 0.2) is 29.2 Å². The fourth-order valence-corrected chi connectivity index (χ4v) is 2.39. The summed E-state index contributed by atoms with van der Waals surface area (Å²) in [7, 11) is 0. The fourth-order valence-electron chi connectivity index (χ4n) is 2.39. The van der Waals surface area contributed by atoms with Gasteiger partial charge in [-0.3, -0.25) is 9.20 Å². The Hall–Kier alpha value is -2.15. The number of nitrogens with one attached hydrogen (secondary N) is 1. The van der Waals surface area contributed by atoms with Crippen molar-refractivity contribution in [2.45, 2.75) is 52.2 Å². The number of aliphatic hydroxyl groups is 1. The normalized spacial score (nSPS) is 14.0. The van der Waals surface area contributed by atoms with Gasteiger partial charge in [-0.2, -0.15) is 0 Å². The molecule has 0 aliphatic heterocycles. The Kier molecular flexibility index (Phi) is 5.77. The largest absolute Gasteiger partial charge is 0.388 e. The zero-order valence-electron chi connectivity index (χ0n) is 14.5. The van der Waals surface area contributed by atoms with Crippen LogP contribution in [0.2, 0.25) is 0 Å². The van der Waals surface area contributed by atoms with Crippen molar-refractivity contribution in [1.29, 1.82) is 0 Å². The van der Waals surface area contributed by atoms with Crippen molar-refractivity contribution in [2.75, 3.05) is 6.54 Å². The molecule has 2 rings (SSSR count). The number of hydrogen-bond donors (Lipinski definition) is 2. The summed E-state index contributed by atoms with van der Waals surface area (Å²) in [5.74, 6) is 0.304. The first-order valence-electron chi connectivity index (χ1n) is 8.32. The minimum Gasteiger partial charge on any atom is -0.388 e. The molecule has 1 unspecified atom stereocenters. The Morgan fingerprint density at radius 1 is 1.42 bits per heavy atom. The second-order valence-corrected chi connectivity index (χ2v) is 6.89. The molecule has 132 valence electrons. The number of carbonyl (C=O) groups is 1. The van der Waals surface area contributed by atoms with Gasteiger partial charge in [0.25, 0.3) is 0 Å². The number of amides is 1. The number of aromatic nitrogens is 3. The van der Waals surface area contributed by atoms with Crippen LogP contribution in [0.25, 0.3) is 5.65 Å². The average molecular weight is 334 g/mol. The number of aryl methyl sites for hydroxylation is 1. The molecular formula is C17H26N4O3. The molecule has 1 amide bonds. The highest BCUT2D eigenvalue weighted by atomic mass is 16.3. The van der Waals surface area contributed by atoms with Gasteiger partial charge in [-0.15, -0.1) is 5.10 Å². The molecule has 7 heteroatoms. The Morgan fingerprint density at radius 2 is 2.17 bits per heavy atom. The summed E-state index contributed by atoms with van der Waals surface area (Å²) in [6.07, 6.45) is 3.33. The third-order valence-electron chi connectivity index (χ3n) is 3.97. The first-order chi connectivity index (χ1) is 11.3. The van der Waals surface area contributed by atoms with Gasteiger partial charge in [0, 0.05) is 19.2 Å². The van der Waals surface area contributed by atoms with E-state index in [0.29, 0.717) is 18.0 Å². The molecule has 7 nitrogen and oxygen atoms in total.